The molecule has 1 aliphatic carbocycles. The summed E-state index contributed by atoms with van der Waals surface area (Å²) in [7, 11) is 0. The Labute approximate surface area is 147 Å². The molecule has 0 spiro atoms. The van der Waals surface area contributed by atoms with Crippen molar-refractivity contribution >= 4 is 6.03 Å². The molecule has 0 radical (unpaired) electrons. The van der Waals surface area contributed by atoms with Gasteiger partial charge < -0.3 is 15.2 Å². The average Bonchev–Trinajstić information content (AvgIpc) is 3.37. The van der Waals surface area contributed by atoms with E-state index in [-0.39, 0.29) is 12.1 Å². The van der Waals surface area contributed by atoms with Gasteiger partial charge in [0.05, 0.1) is 18.3 Å². The summed E-state index contributed by atoms with van der Waals surface area (Å²) in [5.74, 6) is 2.31. The summed E-state index contributed by atoms with van der Waals surface area (Å²) < 4.78 is 2.10. The Bertz CT molecular complexity index is 722. The van der Waals surface area contributed by atoms with E-state index in [9.17, 15) is 4.79 Å². The molecule has 0 unspecified atom stereocenters. The molecule has 2 N–H and O–H groups in total. The van der Waals surface area contributed by atoms with E-state index in [0.29, 0.717) is 12.5 Å². The van der Waals surface area contributed by atoms with Crippen LogP contribution in [0, 0.1) is 5.92 Å². The number of nitrogens with zero attached hydrogens (tertiary/aromatic N) is 4. The number of hydrogen-bond acceptors (Lipinski definition) is 4. The molecule has 2 aromatic rings. The second kappa shape index (κ2) is 7.21. The highest BCUT2D eigenvalue weighted by Gasteiger charge is 2.28. The number of nitrogens with one attached hydrogen (secondary N) is 2. The maximum atomic E-state index is 12.5. The SMILES string of the molecule is O=C(NCc1nnc2n1CCC2)N[C@@H](c1ccccn1)C1CCCC1. The van der Waals surface area contributed by atoms with Crippen LogP contribution >= 0.6 is 0 Å². The van der Waals surface area contributed by atoms with E-state index in [1.165, 1.54) is 12.8 Å². The molecular weight excluding hydrogens is 316 g/mol. The number of carbonyl (C=O) groups excluding carboxylic acids is 1. The number of carbonyl (C=O) groups is 1. The van der Waals surface area contributed by atoms with Crippen LogP contribution in [0.25, 0.3) is 0 Å². The summed E-state index contributed by atoms with van der Waals surface area (Å²) in [4.78, 5) is 16.9. The number of aromatic nitrogens is 4. The van der Waals surface area contributed by atoms with Crippen molar-refractivity contribution in [3.63, 3.8) is 0 Å². The van der Waals surface area contributed by atoms with Crippen molar-refractivity contribution in [2.24, 2.45) is 5.92 Å². The van der Waals surface area contributed by atoms with Gasteiger partial charge in [-0.15, -0.1) is 10.2 Å². The molecule has 1 saturated carbocycles. The number of rotatable bonds is 5. The first kappa shape index (κ1) is 16.1. The largest absolute Gasteiger partial charge is 0.331 e. The number of amides is 2. The van der Waals surface area contributed by atoms with Gasteiger partial charge in [-0.2, -0.15) is 0 Å². The molecule has 2 amide bonds. The second-order valence-electron chi connectivity index (χ2n) is 6.89. The van der Waals surface area contributed by atoms with Gasteiger partial charge in [0, 0.05) is 19.2 Å². The lowest BCUT2D eigenvalue weighted by Gasteiger charge is -2.24. The van der Waals surface area contributed by atoms with Crippen LogP contribution in [0.1, 0.15) is 55.5 Å². The summed E-state index contributed by atoms with van der Waals surface area (Å²) in [5.41, 5.74) is 0.938. The van der Waals surface area contributed by atoms with E-state index < -0.39 is 0 Å². The lowest BCUT2D eigenvalue weighted by atomic mass is 9.95. The Kier molecular flexibility index (Phi) is 4.63. The normalized spacial score (nSPS) is 18.1. The standard InChI is InChI=1S/C18H24N6O/c25-18(20-12-16-23-22-15-9-5-11-24(15)16)21-17(13-6-1-2-7-13)14-8-3-4-10-19-14/h3-4,8,10,13,17H,1-2,5-7,9,11-12H2,(H2,20,21,25)/t17-/m1/s1. The number of pyridine rings is 1. The van der Waals surface area contributed by atoms with Crippen molar-refractivity contribution in [1.82, 2.24) is 30.4 Å². The molecule has 2 aromatic heterocycles. The fraction of sp³-hybridized carbons (Fsp3) is 0.556. The minimum Gasteiger partial charge on any atom is -0.331 e. The van der Waals surface area contributed by atoms with Crippen molar-refractivity contribution in [1.29, 1.82) is 0 Å². The fourth-order valence-electron chi connectivity index (χ4n) is 3.98. The maximum Gasteiger partial charge on any atom is 0.315 e. The van der Waals surface area contributed by atoms with E-state index in [0.717, 1.165) is 49.6 Å². The Hall–Kier alpha value is -2.44. The van der Waals surface area contributed by atoms with Crippen LogP contribution in [-0.2, 0) is 19.5 Å². The number of hydrogen-bond donors (Lipinski definition) is 2. The third kappa shape index (κ3) is 3.50. The second-order valence-corrected chi connectivity index (χ2v) is 6.89. The molecule has 1 atom stereocenters. The molecule has 7 nitrogen and oxygen atoms in total. The van der Waals surface area contributed by atoms with Crippen LogP contribution in [0.4, 0.5) is 4.79 Å². The van der Waals surface area contributed by atoms with Crippen LogP contribution in [0.15, 0.2) is 24.4 Å². The van der Waals surface area contributed by atoms with Crippen molar-refractivity contribution in [3.05, 3.63) is 41.7 Å². The molecule has 0 saturated heterocycles. The Balaban J connectivity index is 1.40. The molecular formula is C18H24N6O. The number of urea groups is 1. The van der Waals surface area contributed by atoms with Crippen LogP contribution in [0.2, 0.25) is 0 Å². The molecule has 4 rings (SSSR count). The summed E-state index contributed by atoms with van der Waals surface area (Å²) >= 11 is 0. The van der Waals surface area contributed by atoms with E-state index >= 15 is 0 Å². The smallest absolute Gasteiger partial charge is 0.315 e. The summed E-state index contributed by atoms with van der Waals surface area (Å²) in [5, 5.41) is 14.4. The number of fused-ring (bicyclic) bond motifs is 1. The zero-order valence-corrected chi connectivity index (χ0v) is 14.3. The molecule has 1 fully saturated rings. The quantitative estimate of drug-likeness (QED) is 0.875. The zero-order chi connectivity index (χ0) is 17.1. The third-order valence-electron chi connectivity index (χ3n) is 5.26. The van der Waals surface area contributed by atoms with Gasteiger partial charge in [0.2, 0.25) is 0 Å². The van der Waals surface area contributed by atoms with Crippen molar-refractivity contribution in [3.8, 4) is 0 Å². The minimum atomic E-state index is -0.169. The van der Waals surface area contributed by atoms with Gasteiger partial charge >= 0.3 is 6.03 Å². The molecule has 0 bridgehead atoms. The van der Waals surface area contributed by atoms with E-state index in [1.807, 2.05) is 18.2 Å². The van der Waals surface area contributed by atoms with Crippen LogP contribution in [-0.4, -0.2) is 25.8 Å². The molecule has 2 aliphatic rings. The van der Waals surface area contributed by atoms with Gasteiger partial charge in [-0.05, 0) is 37.3 Å². The maximum absolute atomic E-state index is 12.5. The highest BCUT2D eigenvalue weighted by atomic mass is 16.2. The highest BCUT2D eigenvalue weighted by molar-refractivity contribution is 5.74. The number of aryl methyl sites for hydroxylation is 1. The lowest BCUT2D eigenvalue weighted by Crippen LogP contribution is -2.40. The third-order valence-corrected chi connectivity index (χ3v) is 5.26. The molecule has 3 heterocycles. The first-order chi connectivity index (χ1) is 12.3. The van der Waals surface area contributed by atoms with Crippen LogP contribution in [0.5, 0.6) is 0 Å². The first-order valence-corrected chi connectivity index (χ1v) is 9.17. The topological polar surface area (TPSA) is 84.7 Å². The average molecular weight is 340 g/mol. The van der Waals surface area contributed by atoms with E-state index in [2.05, 4.69) is 30.4 Å². The van der Waals surface area contributed by atoms with Gasteiger partial charge in [-0.3, -0.25) is 4.98 Å². The lowest BCUT2D eigenvalue weighted by molar-refractivity contribution is 0.229. The summed E-state index contributed by atoms with van der Waals surface area (Å²) in [6.07, 6.45) is 8.59. The molecule has 0 aromatic carbocycles. The highest BCUT2D eigenvalue weighted by Crippen LogP contribution is 2.34. The predicted octanol–water partition coefficient (Wildman–Crippen LogP) is 2.35. The van der Waals surface area contributed by atoms with Gasteiger partial charge in [-0.25, -0.2) is 4.79 Å². The van der Waals surface area contributed by atoms with E-state index in [1.54, 1.807) is 6.20 Å². The van der Waals surface area contributed by atoms with E-state index in [4.69, 9.17) is 0 Å². The van der Waals surface area contributed by atoms with Gasteiger partial charge in [0.25, 0.3) is 0 Å². The van der Waals surface area contributed by atoms with Crippen molar-refractivity contribution in [2.75, 3.05) is 0 Å². The van der Waals surface area contributed by atoms with Gasteiger partial charge in [-0.1, -0.05) is 18.9 Å². The van der Waals surface area contributed by atoms with Gasteiger partial charge in [0.1, 0.15) is 5.82 Å². The van der Waals surface area contributed by atoms with Crippen LogP contribution < -0.4 is 10.6 Å². The Morgan fingerprint density at radius 3 is 2.92 bits per heavy atom. The Morgan fingerprint density at radius 2 is 2.12 bits per heavy atom. The Morgan fingerprint density at radius 1 is 1.24 bits per heavy atom. The zero-order valence-electron chi connectivity index (χ0n) is 14.3. The predicted molar refractivity (Wildman–Crippen MR) is 92.7 cm³/mol. The van der Waals surface area contributed by atoms with Crippen LogP contribution in [0.3, 0.4) is 0 Å². The molecule has 1 aliphatic heterocycles. The molecule has 132 valence electrons. The molecule has 25 heavy (non-hydrogen) atoms. The first-order valence-electron chi connectivity index (χ1n) is 9.17. The van der Waals surface area contributed by atoms with Gasteiger partial charge in [0.15, 0.2) is 5.82 Å². The monoisotopic (exact) mass is 340 g/mol. The summed E-state index contributed by atoms with van der Waals surface area (Å²) in [6.45, 7) is 1.35. The molecule has 7 heteroatoms. The minimum absolute atomic E-state index is 0.0344. The summed E-state index contributed by atoms with van der Waals surface area (Å²) in [6, 6.07) is 5.67. The van der Waals surface area contributed by atoms with Crippen molar-refractivity contribution in [2.45, 2.75) is 57.7 Å². The fourth-order valence-corrected chi connectivity index (χ4v) is 3.98. The van der Waals surface area contributed by atoms with Crippen molar-refractivity contribution < 1.29 is 4.79 Å².